The maximum Gasteiger partial charge on any atom is 0.251 e. The smallest absolute Gasteiger partial charge is 0.251 e. The topological polar surface area (TPSA) is 44.8 Å². The number of rotatable bonds is 5. The predicted molar refractivity (Wildman–Crippen MR) is 94.6 cm³/mol. The molecule has 0 spiro atoms. The fourth-order valence-electron chi connectivity index (χ4n) is 2.92. The third kappa shape index (κ3) is 4.40. The number of hydrogen-bond acceptors (Lipinski definition) is 5. The van der Waals surface area contributed by atoms with E-state index in [1.165, 1.54) is 10.6 Å². The molecule has 1 amide bonds. The van der Waals surface area contributed by atoms with Gasteiger partial charge in [-0.25, -0.2) is 0 Å². The van der Waals surface area contributed by atoms with E-state index in [2.05, 4.69) is 28.2 Å². The Hall–Kier alpha value is -1.24. The van der Waals surface area contributed by atoms with E-state index in [1.807, 2.05) is 23.9 Å². The molecule has 5 nitrogen and oxygen atoms in total. The number of carbonyl (C=O) groups is 1. The summed E-state index contributed by atoms with van der Waals surface area (Å²) in [5, 5.41) is 3.04. The lowest BCUT2D eigenvalue weighted by atomic mass is 10.1. The number of fused-ring (bicyclic) bond motifs is 1. The fourth-order valence-corrected chi connectivity index (χ4v) is 4.04. The van der Waals surface area contributed by atoms with Gasteiger partial charge in [-0.3, -0.25) is 9.69 Å². The zero-order valence-electron chi connectivity index (χ0n) is 13.7. The minimum Gasteiger partial charge on any atom is -0.379 e. The highest BCUT2D eigenvalue weighted by Crippen LogP contribution is 2.34. The Morgan fingerprint density at radius 1 is 1.30 bits per heavy atom. The Morgan fingerprint density at radius 2 is 2.13 bits per heavy atom. The van der Waals surface area contributed by atoms with Crippen LogP contribution >= 0.6 is 11.8 Å². The van der Waals surface area contributed by atoms with Crippen LogP contribution in [-0.4, -0.2) is 69.5 Å². The Kier molecular flexibility index (Phi) is 5.80. The quantitative estimate of drug-likeness (QED) is 0.830. The van der Waals surface area contributed by atoms with Gasteiger partial charge in [0.1, 0.15) is 0 Å². The maximum atomic E-state index is 12.3. The first-order valence-electron chi connectivity index (χ1n) is 8.30. The molecule has 1 fully saturated rings. The zero-order valence-corrected chi connectivity index (χ0v) is 14.5. The van der Waals surface area contributed by atoms with Crippen LogP contribution in [-0.2, 0) is 4.74 Å². The second-order valence-electron chi connectivity index (χ2n) is 6.02. The molecule has 126 valence electrons. The lowest BCUT2D eigenvalue weighted by Crippen LogP contribution is -2.38. The highest BCUT2D eigenvalue weighted by molar-refractivity contribution is 7.99. The van der Waals surface area contributed by atoms with E-state index in [-0.39, 0.29) is 5.91 Å². The van der Waals surface area contributed by atoms with E-state index in [9.17, 15) is 4.79 Å². The third-order valence-corrected chi connectivity index (χ3v) is 5.40. The molecule has 2 aliphatic rings. The molecule has 0 aliphatic carbocycles. The summed E-state index contributed by atoms with van der Waals surface area (Å²) in [6.07, 6.45) is 0.979. The van der Waals surface area contributed by atoms with Crippen LogP contribution in [0, 0.1) is 0 Å². The van der Waals surface area contributed by atoms with Gasteiger partial charge in [-0.1, -0.05) is 0 Å². The number of morpholine rings is 1. The van der Waals surface area contributed by atoms with Crippen molar-refractivity contribution in [3.63, 3.8) is 0 Å². The number of ether oxygens (including phenoxy) is 1. The number of hydrogen-bond donors (Lipinski definition) is 1. The minimum absolute atomic E-state index is 0.0266. The Balaban J connectivity index is 1.47. The van der Waals surface area contributed by atoms with Crippen LogP contribution in [0.25, 0.3) is 0 Å². The number of benzene rings is 1. The maximum absolute atomic E-state index is 12.3. The summed E-state index contributed by atoms with van der Waals surface area (Å²) in [6.45, 7) is 6.43. The van der Waals surface area contributed by atoms with Crippen LogP contribution < -0.4 is 10.2 Å². The molecule has 0 radical (unpaired) electrons. The van der Waals surface area contributed by atoms with Crippen LogP contribution in [0.15, 0.2) is 23.1 Å². The summed E-state index contributed by atoms with van der Waals surface area (Å²) < 4.78 is 5.34. The molecule has 1 saturated heterocycles. The van der Waals surface area contributed by atoms with Crippen molar-refractivity contribution in [2.45, 2.75) is 11.3 Å². The highest BCUT2D eigenvalue weighted by atomic mass is 32.2. The molecule has 2 heterocycles. The molecule has 0 aromatic heterocycles. The first kappa shape index (κ1) is 16.6. The minimum atomic E-state index is 0.0266. The SMILES string of the molecule is CN1CCSc2ccc(C(=O)NCCCN3CCOCC3)cc21. The Bertz CT molecular complexity index is 547. The number of nitrogens with one attached hydrogen (secondary N) is 1. The van der Waals surface area contributed by atoms with Gasteiger partial charge in [-0.15, -0.1) is 11.8 Å². The molecule has 0 atom stereocenters. The highest BCUT2D eigenvalue weighted by Gasteiger charge is 2.16. The molecule has 1 aromatic carbocycles. The fraction of sp³-hybridized carbons (Fsp3) is 0.588. The van der Waals surface area contributed by atoms with Gasteiger partial charge in [0.25, 0.3) is 5.91 Å². The molecule has 1 aromatic rings. The lowest BCUT2D eigenvalue weighted by Gasteiger charge is -2.27. The summed E-state index contributed by atoms with van der Waals surface area (Å²) >= 11 is 1.86. The van der Waals surface area contributed by atoms with Gasteiger partial charge in [0, 0.05) is 49.4 Å². The molecule has 0 bridgehead atoms. The number of anilines is 1. The predicted octanol–water partition coefficient (Wildman–Crippen LogP) is 1.68. The summed E-state index contributed by atoms with van der Waals surface area (Å²) in [4.78, 5) is 18.2. The van der Waals surface area contributed by atoms with Gasteiger partial charge >= 0.3 is 0 Å². The van der Waals surface area contributed by atoms with E-state index in [4.69, 9.17) is 4.74 Å². The molecule has 23 heavy (non-hydrogen) atoms. The number of thioether (sulfide) groups is 1. The molecule has 0 unspecified atom stereocenters. The Morgan fingerprint density at radius 3 is 2.96 bits per heavy atom. The zero-order chi connectivity index (χ0) is 16.1. The van der Waals surface area contributed by atoms with Crippen molar-refractivity contribution in [1.82, 2.24) is 10.2 Å². The second-order valence-corrected chi connectivity index (χ2v) is 7.15. The van der Waals surface area contributed by atoms with Gasteiger partial charge < -0.3 is 15.0 Å². The standard InChI is InChI=1S/C17H25N3O2S/c1-19-9-12-23-16-4-3-14(13-15(16)19)17(21)18-5-2-6-20-7-10-22-11-8-20/h3-4,13H,2,5-12H2,1H3,(H,18,21). The second kappa shape index (κ2) is 8.04. The van der Waals surface area contributed by atoms with Crippen molar-refractivity contribution in [2.75, 3.05) is 63.6 Å². The van der Waals surface area contributed by atoms with Crippen LogP contribution in [0.2, 0.25) is 0 Å². The summed E-state index contributed by atoms with van der Waals surface area (Å²) in [5.41, 5.74) is 1.92. The van der Waals surface area contributed by atoms with Crippen molar-refractivity contribution >= 4 is 23.4 Å². The van der Waals surface area contributed by atoms with Crippen molar-refractivity contribution in [2.24, 2.45) is 0 Å². The monoisotopic (exact) mass is 335 g/mol. The molecule has 2 aliphatic heterocycles. The van der Waals surface area contributed by atoms with Crippen LogP contribution in [0.1, 0.15) is 16.8 Å². The molecule has 6 heteroatoms. The lowest BCUT2D eigenvalue weighted by molar-refractivity contribution is 0.0374. The number of amides is 1. The number of carbonyl (C=O) groups excluding carboxylic acids is 1. The third-order valence-electron chi connectivity index (χ3n) is 4.36. The van der Waals surface area contributed by atoms with E-state index >= 15 is 0 Å². The van der Waals surface area contributed by atoms with Gasteiger partial charge in [-0.05, 0) is 31.2 Å². The van der Waals surface area contributed by atoms with E-state index in [0.29, 0.717) is 0 Å². The molecule has 1 N–H and O–H groups in total. The van der Waals surface area contributed by atoms with Gasteiger partial charge in [0.05, 0.1) is 18.9 Å². The van der Waals surface area contributed by atoms with E-state index < -0.39 is 0 Å². The molecular formula is C17H25N3O2S. The summed E-state index contributed by atoms with van der Waals surface area (Å²) in [5.74, 6) is 1.13. The van der Waals surface area contributed by atoms with Crippen molar-refractivity contribution in [1.29, 1.82) is 0 Å². The Labute approximate surface area is 142 Å². The van der Waals surface area contributed by atoms with Crippen LogP contribution in [0.5, 0.6) is 0 Å². The average Bonchev–Trinajstić information content (AvgIpc) is 2.59. The normalized spacial score (nSPS) is 18.6. The molecule has 3 rings (SSSR count). The first-order valence-corrected chi connectivity index (χ1v) is 9.29. The van der Waals surface area contributed by atoms with Crippen molar-refractivity contribution in [3.8, 4) is 0 Å². The largest absolute Gasteiger partial charge is 0.379 e. The molecular weight excluding hydrogens is 310 g/mol. The van der Waals surface area contributed by atoms with Crippen molar-refractivity contribution < 1.29 is 9.53 Å². The van der Waals surface area contributed by atoms with Gasteiger partial charge in [0.2, 0.25) is 0 Å². The van der Waals surface area contributed by atoms with E-state index in [0.717, 1.165) is 63.7 Å². The molecule has 0 saturated carbocycles. The van der Waals surface area contributed by atoms with Crippen LogP contribution in [0.3, 0.4) is 0 Å². The van der Waals surface area contributed by atoms with Crippen molar-refractivity contribution in [3.05, 3.63) is 23.8 Å². The average molecular weight is 335 g/mol. The van der Waals surface area contributed by atoms with Crippen LogP contribution in [0.4, 0.5) is 5.69 Å². The van der Waals surface area contributed by atoms with Gasteiger partial charge in [-0.2, -0.15) is 0 Å². The van der Waals surface area contributed by atoms with Gasteiger partial charge in [0.15, 0.2) is 0 Å². The summed E-state index contributed by atoms with van der Waals surface area (Å²) in [6, 6.07) is 6.01. The first-order chi connectivity index (χ1) is 11.2. The summed E-state index contributed by atoms with van der Waals surface area (Å²) in [7, 11) is 2.09. The van der Waals surface area contributed by atoms with E-state index in [1.54, 1.807) is 0 Å². The number of nitrogens with zero attached hydrogens (tertiary/aromatic N) is 2.